The Hall–Kier alpha value is -3.02. The molecule has 150 valence electrons. The molecule has 0 saturated carbocycles. The molecule has 4 nitrogen and oxygen atoms in total. The Labute approximate surface area is 168 Å². The molecule has 1 saturated heterocycles. The van der Waals surface area contributed by atoms with Gasteiger partial charge in [0.15, 0.2) is 0 Å². The molecule has 1 fully saturated rings. The van der Waals surface area contributed by atoms with E-state index in [-0.39, 0.29) is 11.6 Å². The minimum atomic E-state index is -0.694. The van der Waals surface area contributed by atoms with E-state index in [1.807, 2.05) is 30.0 Å². The lowest BCUT2D eigenvalue weighted by atomic mass is 10.00. The summed E-state index contributed by atoms with van der Waals surface area (Å²) in [5.41, 5.74) is 2.70. The summed E-state index contributed by atoms with van der Waals surface area (Å²) < 4.78 is 27.5. The fourth-order valence-electron chi connectivity index (χ4n) is 3.82. The molecule has 1 amide bonds. The third-order valence-corrected chi connectivity index (χ3v) is 5.33. The number of aromatic nitrogens is 1. The van der Waals surface area contributed by atoms with Crippen LogP contribution >= 0.6 is 0 Å². The van der Waals surface area contributed by atoms with Gasteiger partial charge >= 0.3 is 0 Å². The number of likely N-dealkylation sites (tertiary alicyclic amines) is 1. The van der Waals surface area contributed by atoms with E-state index in [2.05, 4.69) is 17.2 Å². The molecule has 1 N–H and O–H groups in total. The summed E-state index contributed by atoms with van der Waals surface area (Å²) in [5.74, 6) is -0.998. The van der Waals surface area contributed by atoms with E-state index in [9.17, 15) is 13.6 Å². The molecule has 1 unspecified atom stereocenters. The number of carbonyl (C=O) groups excluding carboxylic acids is 1. The van der Waals surface area contributed by atoms with Crippen molar-refractivity contribution in [1.29, 1.82) is 0 Å². The summed E-state index contributed by atoms with van der Waals surface area (Å²) in [5, 5.41) is 3.80. The number of nitrogens with zero attached hydrogens (tertiary/aromatic N) is 2. The predicted molar refractivity (Wildman–Crippen MR) is 110 cm³/mol. The van der Waals surface area contributed by atoms with Crippen LogP contribution in [0.2, 0.25) is 0 Å². The largest absolute Gasteiger partial charge is 0.353 e. The molecule has 2 aromatic carbocycles. The summed E-state index contributed by atoms with van der Waals surface area (Å²) in [6.45, 7) is 5.52. The maximum absolute atomic E-state index is 14.2. The fourth-order valence-corrected chi connectivity index (χ4v) is 3.82. The highest BCUT2D eigenvalue weighted by Crippen LogP contribution is 2.30. The monoisotopic (exact) mass is 395 g/mol. The number of rotatable bonds is 3. The first-order chi connectivity index (χ1) is 13.9. The van der Waals surface area contributed by atoms with Gasteiger partial charge in [-0.3, -0.25) is 4.79 Å². The normalized spacial score (nSPS) is 16.8. The number of piperidine rings is 1. The van der Waals surface area contributed by atoms with Crippen LogP contribution in [0.5, 0.6) is 0 Å². The van der Waals surface area contributed by atoms with Crippen LogP contribution in [0, 0.1) is 24.5 Å². The summed E-state index contributed by atoms with van der Waals surface area (Å²) in [4.78, 5) is 19.5. The van der Waals surface area contributed by atoms with Gasteiger partial charge < -0.3 is 10.2 Å². The van der Waals surface area contributed by atoms with E-state index in [4.69, 9.17) is 0 Å². The molecule has 1 atom stereocenters. The first-order valence-corrected chi connectivity index (χ1v) is 9.83. The van der Waals surface area contributed by atoms with Crippen molar-refractivity contribution in [1.82, 2.24) is 9.88 Å². The van der Waals surface area contributed by atoms with Crippen molar-refractivity contribution in [3.05, 3.63) is 65.4 Å². The molecule has 0 bridgehead atoms. The second kappa shape index (κ2) is 7.78. The van der Waals surface area contributed by atoms with Gasteiger partial charge in [0.25, 0.3) is 5.91 Å². The van der Waals surface area contributed by atoms with E-state index in [0.717, 1.165) is 29.9 Å². The molecule has 0 radical (unpaired) electrons. The first kappa shape index (κ1) is 19.3. The van der Waals surface area contributed by atoms with Crippen LogP contribution in [-0.4, -0.2) is 28.9 Å². The third-order valence-electron chi connectivity index (χ3n) is 5.33. The number of nitrogens with one attached hydrogen (secondary N) is 1. The van der Waals surface area contributed by atoms with Crippen molar-refractivity contribution in [2.45, 2.75) is 26.7 Å². The Morgan fingerprint density at radius 2 is 1.97 bits per heavy atom. The predicted octanol–water partition coefficient (Wildman–Crippen LogP) is 5.44. The van der Waals surface area contributed by atoms with Gasteiger partial charge in [0.1, 0.15) is 17.3 Å². The standard InChI is InChI=1S/C23H23F2N3O/c1-14-5-7-19-17(10-14)21(27-20-8-6-16(24)11-18(20)25)12-22(26-19)23(29)28-9-3-4-15(2)13-28/h5-8,10-12,15H,3-4,9,13H2,1-2H3,(H,26,27). The van der Waals surface area contributed by atoms with Crippen molar-refractivity contribution in [3.63, 3.8) is 0 Å². The lowest BCUT2D eigenvalue weighted by Gasteiger charge is -2.30. The Bertz CT molecular complexity index is 1080. The van der Waals surface area contributed by atoms with Crippen molar-refractivity contribution in [2.24, 2.45) is 5.92 Å². The fraction of sp³-hybridized carbons (Fsp3) is 0.304. The minimum absolute atomic E-state index is 0.123. The lowest BCUT2D eigenvalue weighted by molar-refractivity contribution is 0.0677. The summed E-state index contributed by atoms with van der Waals surface area (Å²) in [6.07, 6.45) is 2.09. The Morgan fingerprint density at radius 3 is 2.72 bits per heavy atom. The average molecular weight is 395 g/mol. The zero-order valence-corrected chi connectivity index (χ0v) is 16.5. The van der Waals surface area contributed by atoms with Gasteiger partial charge in [-0.05, 0) is 56.0 Å². The number of carbonyl (C=O) groups is 1. The smallest absolute Gasteiger partial charge is 0.272 e. The maximum atomic E-state index is 14.2. The highest BCUT2D eigenvalue weighted by atomic mass is 19.1. The molecule has 1 aliphatic heterocycles. The zero-order chi connectivity index (χ0) is 20.5. The summed E-state index contributed by atoms with van der Waals surface area (Å²) >= 11 is 0. The van der Waals surface area contributed by atoms with Crippen LogP contribution in [0.1, 0.15) is 35.8 Å². The molecule has 0 spiro atoms. The average Bonchev–Trinajstić information content (AvgIpc) is 2.69. The topological polar surface area (TPSA) is 45.2 Å². The van der Waals surface area contributed by atoms with E-state index >= 15 is 0 Å². The van der Waals surface area contributed by atoms with Gasteiger partial charge in [0.2, 0.25) is 0 Å². The van der Waals surface area contributed by atoms with E-state index in [0.29, 0.717) is 35.9 Å². The van der Waals surface area contributed by atoms with Crippen LogP contribution in [0.4, 0.5) is 20.2 Å². The minimum Gasteiger partial charge on any atom is -0.353 e. The number of pyridine rings is 1. The van der Waals surface area contributed by atoms with Crippen molar-refractivity contribution < 1.29 is 13.6 Å². The van der Waals surface area contributed by atoms with Crippen molar-refractivity contribution in [3.8, 4) is 0 Å². The Morgan fingerprint density at radius 1 is 1.14 bits per heavy atom. The zero-order valence-electron chi connectivity index (χ0n) is 16.5. The number of hydrogen-bond acceptors (Lipinski definition) is 3. The highest BCUT2D eigenvalue weighted by Gasteiger charge is 2.24. The third kappa shape index (κ3) is 4.06. The van der Waals surface area contributed by atoms with Crippen LogP contribution in [-0.2, 0) is 0 Å². The van der Waals surface area contributed by atoms with E-state index in [1.54, 1.807) is 6.07 Å². The highest BCUT2D eigenvalue weighted by molar-refractivity contribution is 6.00. The molecule has 29 heavy (non-hydrogen) atoms. The van der Waals surface area contributed by atoms with Gasteiger partial charge in [0, 0.05) is 24.5 Å². The van der Waals surface area contributed by atoms with Crippen LogP contribution in [0.15, 0.2) is 42.5 Å². The second-order valence-electron chi connectivity index (χ2n) is 7.82. The maximum Gasteiger partial charge on any atom is 0.272 e. The van der Waals surface area contributed by atoms with E-state index < -0.39 is 11.6 Å². The van der Waals surface area contributed by atoms with Gasteiger partial charge in [-0.25, -0.2) is 13.8 Å². The first-order valence-electron chi connectivity index (χ1n) is 9.83. The number of halogens is 2. The Kier molecular flexibility index (Phi) is 5.18. The number of amides is 1. The van der Waals surface area contributed by atoms with Crippen LogP contribution < -0.4 is 5.32 Å². The van der Waals surface area contributed by atoms with Crippen LogP contribution in [0.25, 0.3) is 10.9 Å². The molecule has 1 aromatic heterocycles. The molecule has 4 rings (SSSR count). The molecular weight excluding hydrogens is 372 g/mol. The second-order valence-corrected chi connectivity index (χ2v) is 7.82. The summed E-state index contributed by atoms with van der Waals surface area (Å²) in [6, 6.07) is 10.7. The van der Waals surface area contributed by atoms with E-state index in [1.165, 1.54) is 12.1 Å². The number of hydrogen-bond donors (Lipinski definition) is 1. The van der Waals surface area contributed by atoms with Crippen molar-refractivity contribution >= 4 is 28.2 Å². The number of fused-ring (bicyclic) bond motifs is 1. The molecule has 6 heteroatoms. The van der Waals surface area contributed by atoms with Gasteiger partial charge in [-0.15, -0.1) is 0 Å². The number of benzene rings is 2. The Balaban J connectivity index is 1.77. The molecule has 3 aromatic rings. The number of aryl methyl sites for hydroxylation is 1. The summed E-state index contributed by atoms with van der Waals surface area (Å²) in [7, 11) is 0. The lowest BCUT2D eigenvalue weighted by Crippen LogP contribution is -2.39. The van der Waals surface area contributed by atoms with Crippen molar-refractivity contribution in [2.75, 3.05) is 18.4 Å². The van der Waals surface area contributed by atoms with Gasteiger partial charge in [-0.2, -0.15) is 0 Å². The SMILES string of the molecule is Cc1ccc2nc(C(=O)N3CCCC(C)C3)cc(Nc3ccc(F)cc3F)c2c1. The van der Waals surface area contributed by atoms with Crippen LogP contribution in [0.3, 0.4) is 0 Å². The quantitative estimate of drug-likeness (QED) is 0.643. The molecule has 2 heterocycles. The molecule has 1 aliphatic rings. The molecular formula is C23H23F2N3O. The van der Waals surface area contributed by atoms with Gasteiger partial charge in [-0.1, -0.05) is 18.6 Å². The number of anilines is 2. The van der Waals surface area contributed by atoms with Gasteiger partial charge in [0.05, 0.1) is 16.9 Å². The molecule has 0 aliphatic carbocycles.